The van der Waals surface area contributed by atoms with Crippen LogP contribution in [-0.2, 0) is 6.42 Å². The molecule has 0 radical (unpaired) electrons. The van der Waals surface area contributed by atoms with E-state index in [1.807, 2.05) is 31.9 Å². The Bertz CT molecular complexity index is 337. The molecule has 1 rings (SSSR count). The molecule has 0 aliphatic heterocycles. The maximum atomic E-state index is 11.7. The van der Waals surface area contributed by atoms with Crippen LogP contribution in [0.2, 0.25) is 0 Å². The fourth-order valence-corrected chi connectivity index (χ4v) is 2.22. The molecule has 0 saturated heterocycles. The molecule has 1 amide bonds. The van der Waals surface area contributed by atoms with Crippen LogP contribution in [0.5, 0.6) is 0 Å². The van der Waals surface area contributed by atoms with Crippen molar-refractivity contribution in [2.45, 2.75) is 31.9 Å². The molecule has 0 N–H and O–H groups in total. The SMILES string of the molecule is CC(C)SC(=O)N(C)CCCc1ccccc1. The van der Waals surface area contributed by atoms with Gasteiger partial charge in [-0.25, -0.2) is 0 Å². The zero-order valence-corrected chi connectivity index (χ0v) is 11.7. The number of amides is 1. The molecule has 0 bridgehead atoms. The number of hydrogen-bond acceptors (Lipinski definition) is 2. The van der Waals surface area contributed by atoms with Crippen molar-refractivity contribution in [3.63, 3.8) is 0 Å². The summed E-state index contributed by atoms with van der Waals surface area (Å²) in [4.78, 5) is 13.5. The summed E-state index contributed by atoms with van der Waals surface area (Å²) in [7, 11) is 1.88. The minimum Gasteiger partial charge on any atom is -0.337 e. The number of hydrogen-bond donors (Lipinski definition) is 0. The van der Waals surface area contributed by atoms with Crippen molar-refractivity contribution in [1.29, 1.82) is 0 Å². The minimum absolute atomic E-state index is 0.174. The topological polar surface area (TPSA) is 20.3 Å². The first-order valence-corrected chi connectivity index (χ1v) is 6.93. The van der Waals surface area contributed by atoms with Crippen LogP contribution in [0.3, 0.4) is 0 Å². The summed E-state index contributed by atoms with van der Waals surface area (Å²) in [6.45, 7) is 4.91. The first-order chi connectivity index (χ1) is 8.09. The molecular formula is C14H21NOS. The van der Waals surface area contributed by atoms with Gasteiger partial charge in [0.05, 0.1) is 0 Å². The fraction of sp³-hybridized carbons (Fsp3) is 0.500. The maximum absolute atomic E-state index is 11.7. The van der Waals surface area contributed by atoms with Crippen LogP contribution >= 0.6 is 11.8 Å². The zero-order valence-electron chi connectivity index (χ0n) is 10.8. The van der Waals surface area contributed by atoms with E-state index in [4.69, 9.17) is 0 Å². The van der Waals surface area contributed by atoms with Gasteiger partial charge in [-0.2, -0.15) is 0 Å². The van der Waals surface area contributed by atoms with Crippen molar-refractivity contribution in [2.75, 3.05) is 13.6 Å². The summed E-state index contributed by atoms with van der Waals surface area (Å²) in [6.07, 6.45) is 2.05. The van der Waals surface area contributed by atoms with Crippen LogP contribution in [0, 0.1) is 0 Å². The molecule has 94 valence electrons. The third kappa shape index (κ3) is 5.78. The Morgan fingerprint density at radius 1 is 1.29 bits per heavy atom. The highest BCUT2D eigenvalue weighted by Crippen LogP contribution is 2.14. The monoisotopic (exact) mass is 251 g/mol. The molecule has 0 aromatic heterocycles. The van der Waals surface area contributed by atoms with Gasteiger partial charge in [-0.3, -0.25) is 4.79 Å². The first-order valence-electron chi connectivity index (χ1n) is 6.05. The lowest BCUT2D eigenvalue weighted by Gasteiger charge is -2.17. The predicted octanol–water partition coefficient (Wildman–Crippen LogP) is 3.81. The quantitative estimate of drug-likeness (QED) is 0.793. The molecule has 17 heavy (non-hydrogen) atoms. The summed E-state index contributed by atoms with van der Waals surface area (Å²) < 4.78 is 0. The normalized spacial score (nSPS) is 10.6. The van der Waals surface area contributed by atoms with Gasteiger partial charge in [-0.15, -0.1) is 0 Å². The lowest BCUT2D eigenvalue weighted by Crippen LogP contribution is -2.25. The molecule has 2 nitrogen and oxygen atoms in total. The molecule has 1 aromatic carbocycles. The standard InChI is InChI=1S/C14H21NOS/c1-12(2)17-14(16)15(3)11-7-10-13-8-5-4-6-9-13/h4-6,8-9,12H,7,10-11H2,1-3H3. The summed E-state index contributed by atoms with van der Waals surface area (Å²) in [5.74, 6) is 0. The van der Waals surface area contributed by atoms with E-state index in [9.17, 15) is 4.79 Å². The molecule has 3 heteroatoms. The van der Waals surface area contributed by atoms with Crippen molar-refractivity contribution in [3.05, 3.63) is 35.9 Å². The first kappa shape index (κ1) is 14.1. The number of carbonyl (C=O) groups is 1. The third-order valence-electron chi connectivity index (χ3n) is 2.45. The molecule has 1 aromatic rings. The van der Waals surface area contributed by atoms with E-state index in [0.717, 1.165) is 19.4 Å². The van der Waals surface area contributed by atoms with Crippen molar-refractivity contribution in [1.82, 2.24) is 4.90 Å². The number of carbonyl (C=O) groups excluding carboxylic acids is 1. The zero-order chi connectivity index (χ0) is 12.7. The predicted molar refractivity (Wildman–Crippen MR) is 75.5 cm³/mol. The summed E-state index contributed by atoms with van der Waals surface area (Å²) in [6, 6.07) is 10.4. The van der Waals surface area contributed by atoms with E-state index in [-0.39, 0.29) is 5.24 Å². The number of benzene rings is 1. The van der Waals surface area contributed by atoms with Crippen LogP contribution < -0.4 is 0 Å². The van der Waals surface area contributed by atoms with Gasteiger partial charge < -0.3 is 4.90 Å². The van der Waals surface area contributed by atoms with Crippen molar-refractivity contribution in [3.8, 4) is 0 Å². The van der Waals surface area contributed by atoms with Crippen molar-refractivity contribution < 1.29 is 4.79 Å². The van der Waals surface area contributed by atoms with Gasteiger partial charge in [0.15, 0.2) is 0 Å². The third-order valence-corrected chi connectivity index (χ3v) is 3.43. The fourth-order valence-electron chi connectivity index (χ4n) is 1.55. The van der Waals surface area contributed by atoms with E-state index >= 15 is 0 Å². The molecular weight excluding hydrogens is 230 g/mol. The van der Waals surface area contributed by atoms with Crippen LogP contribution in [-0.4, -0.2) is 29.0 Å². The van der Waals surface area contributed by atoms with Crippen LogP contribution in [0.25, 0.3) is 0 Å². The molecule has 0 atom stereocenters. The Labute approximate surface area is 108 Å². The molecule has 0 heterocycles. The molecule has 0 aliphatic carbocycles. The number of nitrogens with zero attached hydrogens (tertiary/aromatic N) is 1. The van der Waals surface area contributed by atoms with Crippen LogP contribution in [0.15, 0.2) is 30.3 Å². The second-order valence-electron chi connectivity index (χ2n) is 4.44. The number of aryl methyl sites for hydroxylation is 1. The largest absolute Gasteiger partial charge is 0.337 e. The highest BCUT2D eigenvalue weighted by molar-refractivity contribution is 8.14. The summed E-state index contributed by atoms with van der Waals surface area (Å²) in [5, 5.41) is 0.534. The highest BCUT2D eigenvalue weighted by atomic mass is 32.2. The second-order valence-corrected chi connectivity index (χ2v) is 5.97. The molecule has 0 unspecified atom stereocenters. The van der Waals surface area contributed by atoms with Gasteiger partial charge in [-0.05, 0) is 18.4 Å². The number of thioether (sulfide) groups is 1. The molecule has 0 aliphatic rings. The van der Waals surface area contributed by atoms with Gasteiger partial charge >= 0.3 is 0 Å². The Balaban J connectivity index is 2.24. The van der Waals surface area contributed by atoms with Gasteiger partial charge in [0, 0.05) is 18.8 Å². The molecule has 0 fully saturated rings. The lowest BCUT2D eigenvalue weighted by molar-refractivity contribution is 0.233. The highest BCUT2D eigenvalue weighted by Gasteiger charge is 2.10. The second kappa shape index (κ2) is 7.38. The van der Waals surface area contributed by atoms with E-state index in [1.165, 1.54) is 17.3 Å². The smallest absolute Gasteiger partial charge is 0.281 e. The average Bonchev–Trinajstić information content (AvgIpc) is 2.29. The Kier molecular flexibility index (Phi) is 6.12. The Morgan fingerprint density at radius 2 is 1.94 bits per heavy atom. The van der Waals surface area contributed by atoms with Crippen molar-refractivity contribution in [2.24, 2.45) is 0 Å². The van der Waals surface area contributed by atoms with E-state index in [1.54, 1.807) is 0 Å². The van der Waals surface area contributed by atoms with Gasteiger partial charge in [-0.1, -0.05) is 55.9 Å². The van der Waals surface area contributed by atoms with Gasteiger partial charge in [0.1, 0.15) is 0 Å². The Hall–Kier alpha value is -0.960. The van der Waals surface area contributed by atoms with Gasteiger partial charge in [0.25, 0.3) is 5.24 Å². The summed E-state index contributed by atoms with van der Waals surface area (Å²) >= 11 is 1.40. The lowest BCUT2D eigenvalue weighted by atomic mass is 10.1. The number of rotatable bonds is 5. The summed E-state index contributed by atoms with van der Waals surface area (Å²) in [5.41, 5.74) is 1.34. The Morgan fingerprint density at radius 3 is 2.53 bits per heavy atom. The van der Waals surface area contributed by atoms with Crippen LogP contribution in [0.1, 0.15) is 25.8 Å². The molecule has 0 spiro atoms. The van der Waals surface area contributed by atoms with Gasteiger partial charge in [0.2, 0.25) is 0 Å². The van der Waals surface area contributed by atoms with E-state index in [0.29, 0.717) is 5.25 Å². The minimum atomic E-state index is 0.174. The maximum Gasteiger partial charge on any atom is 0.281 e. The average molecular weight is 251 g/mol. The van der Waals surface area contributed by atoms with E-state index < -0.39 is 0 Å². The van der Waals surface area contributed by atoms with Crippen molar-refractivity contribution >= 4 is 17.0 Å². The van der Waals surface area contributed by atoms with E-state index in [2.05, 4.69) is 24.3 Å². The molecule has 0 saturated carbocycles. The van der Waals surface area contributed by atoms with Crippen LogP contribution in [0.4, 0.5) is 4.79 Å².